The molecule has 1 amide bonds. The van der Waals surface area contributed by atoms with Crippen molar-refractivity contribution >= 4 is 28.9 Å². The number of carbonyl (C=O) groups is 1. The van der Waals surface area contributed by atoms with Gasteiger partial charge in [0.15, 0.2) is 0 Å². The first-order valence-electron chi connectivity index (χ1n) is 9.70. The summed E-state index contributed by atoms with van der Waals surface area (Å²) < 4.78 is 0. The number of carbonyl (C=O) groups excluding carboxylic acids is 1. The molecule has 2 heterocycles. The number of anilines is 1. The fourth-order valence-corrected chi connectivity index (χ4v) is 4.63. The van der Waals surface area contributed by atoms with Crippen LogP contribution < -0.4 is 5.32 Å². The van der Waals surface area contributed by atoms with Gasteiger partial charge in [-0.1, -0.05) is 29.8 Å². The summed E-state index contributed by atoms with van der Waals surface area (Å²) in [5, 5.41) is 25.2. The molecule has 0 aromatic heterocycles. The van der Waals surface area contributed by atoms with Crippen LogP contribution in [0.1, 0.15) is 41.6 Å². The molecule has 0 radical (unpaired) electrons. The van der Waals surface area contributed by atoms with Crippen LogP contribution in [0.5, 0.6) is 0 Å². The molecule has 0 unspecified atom stereocenters. The number of piperidine rings is 1. The molecule has 7 nitrogen and oxygen atoms in total. The number of halogens is 1. The Labute approximate surface area is 173 Å². The molecule has 2 fully saturated rings. The van der Waals surface area contributed by atoms with Gasteiger partial charge >= 0.3 is 0 Å². The summed E-state index contributed by atoms with van der Waals surface area (Å²) in [6, 6.07) is 11.8. The number of hydrogen-bond donors (Lipinski definition) is 2. The molecule has 2 aromatic carbocycles. The molecular formula is C21H22ClN3O4. The van der Waals surface area contributed by atoms with Crippen LogP contribution in [0.3, 0.4) is 0 Å². The van der Waals surface area contributed by atoms with Crippen molar-refractivity contribution in [3.8, 4) is 0 Å². The number of fused-ring (bicyclic) bond motifs is 2. The van der Waals surface area contributed by atoms with Gasteiger partial charge in [0.2, 0.25) is 0 Å². The predicted molar refractivity (Wildman–Crippen MR) is 110 cm³/mol. The Morgan fingerprint density at radius 2 is 1.90 bits per heavy atom. The van der Waals surface area contributed by atoms with Gasteiger partial charge in [-0.15, -0.1) is 0 Å². The van der Waals surface area contributed by atoms with Gasteiger partial charge < -0.3 is 15.3 Å². The number of amides is 1. The van der Waals surface area contributed by atoms with E-state index in [0.717, 1.165) is 18.4 Å². The molecule has 2 bridgehead atoms. The van der Waals surface area contributed by atoms with Gasteiger partial charge in [0.05, 0.1) is 11.0 Å². The van der Waals surface area contributed by atoms with Crippen molar-refractivity contribution in [1.82, 2.24) is 4.90 Å². The van der Waals surface area contributed by atoms with Crippen molar-refractivity contribution in [2.45, 2.75) is 50.4 Å². The highest BCUT2D eigenvalue weighted by Gasteiger charge is 2.43. The zero-order chi connectivity index (χ0) is 20.5. The second-order valence-electron chi connectivity index (χ2n) is 7.66. The van der Waals surface area contributed by atoms with Crippen LogP contribution in [-0.4, -0.2) is 39.0 Å². The molecule has 152 valence electrons. The van der Waals surface area contributed by atoms with Crippen LogP contribution in [0, 0.1) is 10.1 Å². The summed E-state index contributed by atoms with van der Waals surface area (Å²) in [6.45, 7) is 0.335. The van der Waals surface area contributed by atoms with Crippen molar-refractivity contribution in [3.63, 3.8) is 0 Å². The van der Waals surface area contributed by atoms with E-state index in [9.17, 15) is 20.0 Å². The van der Waals surface area contributed by atoms with Crippen molar-refractivity contribution in [1.29, 1.82) is 0 Å². The summed E-state index contributed by atoms with van der Waals surface area (Å²) >= 11 is 6.15. The number of nitrogens with zero attached hydrogens (tertiary/aromatic N) is 2. The fraction of sp³-hybridized carbons (Fsp3) is 0.381. The van der Waals surface area contributed by atoms with E-state index in [1.807, 2.05) is 23.1 Å². The molecular weight excluding hydrogens is 394 g/mol. The number of aliphatic hydroxyl groups is 1. The Bertz CT molecular complexity index is 937. The van der Waals surface area contributed by atoms with Gasteiger partial charge in [-0.3, -0.25) is 14.9 Å². The highest BCUT2D eigenvalue weighted by Crippen LogP contribution is 2.37. The molecule has 2 aromatic rings. The van der Waals surface area contributed by atoms with Gasteiger partial charge in [-0.2, -0.15) is 0 Å². The summed E-state index contributed by atoms with van der Waals surface area (Å²) in [4.78, 5) is 26.0. The third kappa shape index (κ3) is 3.93. The average molecular weight is 416 g/mol. The number of nitrogens with one attached hydrogen (secondary N) is 1. The van der Waals surface area contributed by atoms with Gasteiger partial charge in [-0.25, -0.2) is 0 Å². The van der Waals surface area contributed by atoms with E-state index in [1.54, 1.807) is 18.2 Å². The number of aliphatic hydroxyl groups excluding tert-OH is 1. The molecule has 2 atom stereocenters. The summed E-state index contributed by atoms with van der Waals surface area (Å²) in [7, 11) is 0. The molecule has 2 aliphatic heterocycles. The lowest BCUT2D eigenvalue weighted by molar-refractivity contribution is -0.384. The van der Waals surface area contributed by atoms with Gasteiger partial charge in [0.25, 0.3) is 11.6 Å². The fourth-order valence-electron chi connectivity index (χ4n) is 4.43. The maximum atomic E-state index is 13.1. The van der Waals surface area contributed by atoms with Crippen molar-refractivity contribution < 1.29 is 14.8 Å². The summed E-state index contributed by atoms with van der Waals surface area (Å²) in [6.07, 6.45) is 2.51. The number of benzene rings is 2. The lowest BCUT2D eigenvalue weighted by atomic mass is 9.98. The van der Waals surface area contributed by atoms with Crippen LogP contribution in [0.2, 0.25) is 5.02 Å². The van der Waals surface area contributed by atoms with Crippen LogP contribution in [0.4, 0.5) is 11.4 Å². The van der Waals surface area contributed by atoms with E-state index >= 15 is 0 Å². The zero-order valence-corrected chi connectivity index (χ0v) is 16.5. The van der Waals surface area contributed by atoms with Crippen LogP contribution >= 0.6 is 11.6 Å². The SMILES string of the molecule is O=C(c1ccc(NCc2ccccc2Cl)c([N+](=O)[O-])c1)N1[C@H]2CC[C@H]1CC(O)C2. The molecule has 0 saturated carbocycles. The minimum atomic E-state index is -0.486. The first-order chi connectivity index (χ1) is 13.9. The Morgan fingerprint density at radius 1 is 1.21 bits per heavy atom. The molecule has 2 N–H and O–H groups in total. The van der Waals surface area contributed by atoms with E-state index in [1.165, 1.54) is 6.07 Å². The average Bonchev–Trinajstić information content (AvgIpc) is 2.97. The molecule has 0 spiro atoms. The Morgan fingerprint density at radius 3 is 2.55 bits per heavy atom. The highest BCUT2D eigenvalue weighted by atomic mass is 35.5. The molecule has 4 rings (SSSR count). The maximum absolute atomic E-state index is 13.1. The minimum absolute atomic E-state index is 0.00771. The number of hydrogen-bond acceptors (Lipinski definition) is 5. The van der Waals surface area contributed by atoms with E-state index in [4.69, 9.17) is 11.6 Å². The maximum Gasteiger partial charge on any atom is 0.293 e. The molecule has 8 heteroatoms. The Balaban J connectivity index is 1.55. The van der Waals surface area contributed by atoms with Crippen molar-refractivity contribution in [3.05, 3.63) is 68.7 Å². The third-order valence-electron chi connectivity index (χ3n) is 5.81. The lowest BCUT2D eigenvalue weighted by Crippen LogP contribution is -2.48. The Kier molecular flexibility index (Phi) is 5.43. The van der Waals surface area contributed by atoms with Gasteiger partial charge in [-0.05, 0) is 49.4 Å². The summed E-state index contributed by atoms with van der Waals surface area (Å²) in [5.74, 6) is -0.204. The molecule has 29 heavy (non-hydrogen) atoms. The van der Waals surface area contributed by atoms with E-state index in [0.29, 0.717) is 35.7 Å². The normalized spacial score (nSPS) is 23.1. The second kappa shape index (κ2) is 8.00. The van der Waals surface area contributed by atoms with Gasteiger partial charge in [0.1, 0.15) is 5.69 Å². The summed E-state index contributed by atoms with van der Waals surface area (Å²) in [5.41, 5.74) is 1.32. The minimum Gasteiger partial charge on any atom is -0.393 e. The van der Waals surface area contributed by atoms with E-state index in [-0.39, 0.29) is 29.8 Å². The standard InChI is InChI=1S/C21H22ClN3O4/c22-18-4-2-1-3-14(18)12-23-19-8-5-13(9-20(19)25(28)29)21(27)24-15-6-7-16(24)11-17(26)10-15/h1-5,8-9,15-17,23,26H,6-7,10-12H2/t15-,16-/m0/s1. The first-order valence-corrected chi connectivity index (χ1v) is 10.1. The van der Waals surface area contributed by atoms with Crippen LogP contribution in [0.25, 0.3) is 0 Å². The number of nitro groups is 1. The largest absolute Gasteiger partial charge is 0.393 e. The Hall–Kier alpha value is -2.64. The van der Waals surface area contributed by atoms with Crippen LogP contribution in [-0.2, 0) is 6.54 Å². The topological polar surface area (TPSA) is 95.7 Å². The predicted octanol–water partition coefficient (Wildman–Crippen LogP) is 3.99. The van der Waals surface area contributed by atoms with E-state index in [2.05, 4.69) is 5.32 Å². The molecule has 2 saturated heterocycles. The monoisotopic (exact) mass is 415 g/mol. The van der Waals surface area contributed by atoms with Gasteiger partial charge in [0, 0.05) is 35.3 Å². The second-order valence-corrected chi connectivity index (χ2v) is 8.06. The number of rotatable bonds is 5. The lowest BCUT2D eigenvalue weighted by Gasteiger charge is -2.37. The molecule has 2 aliphatic rings. The van der Waals surface area contributed by atoms with Crippen LogP contribution in [0.15, 0.2) is 42.5 Å². The zero-order valence-electron chi connectivity index (χ0n) is 15.8. The van der Waals surface area contributed by atoms with Crippen molar-refractivity contribution in [2.75, 3.05) is 5.32 Å². The molecule has 0 aliphatic carbocycles. The highest BCUT2D eigenvalue weighted by molar-refractivity contribution is 6.31. The smallest absolute Gasteiger partial charge is 0.293 e. The first kappa shape index (κ1) is 19.7. The van der Waals surface area contributed by atoms with Crippen molar-refractivity contribution in [2.24, 2.45) is 0 Å². The quantitative estimate of drug-likeness (QED) is 0.568. The van der Waals surface area contributed by atoms with E-state index < -0.39 is 4.92 Å². The number of nitro benzene ring substituents is 1. The third-order valence-corrected chi connectivity index (χ3v) is 6.18.